The van der Waals surface area contributed by atoms with E-state index in [4.69, 9.17) is 16.3 Å². The van der Waals surface area contributed by atoms with Gasteiger partial charge >= 0.3 is 0 Å². The summed E-state index contributed by atoms with van der Waals surface area (Å²) in [4.78, 5) is 20.8. The predicted octanol–water partition coefficient (Wildman–Crippen LogP) is 4.44. The normalized spacial score (nSPS) is 10.3. The summed E-state index contributed by atoms with van der Waals surface area (Å²) in [6.07, 6.45) is 1.53. The van der Waals surface area contributed by atoms with Gasteiger partial charge in [0.15, 0.2) is 0 Å². The van der Waals surface area contributed by atoms with Crippen LogP contribution in [0.2, 0.25) is 5.02 Å². The fourth-order valence-corrected chi connectivity index (χ4v) is 2.51. The zero-order valence-electron chi connectivity index (χ0n) is 14.3. The Kier molecular flexibility index (Phi) is 5.34. The second-order valence-electron chi connectivity index (χ2n) is 5.56. The highest BCUT2D eigenvalue weighted by atomic mass is 35.5. The average molecular weight is 369 g/mol. The Bertz CT molecular complexity index is 929. The van der Waals surface area contributed by atoms with Crippen LogP contribution in [-0.2, 0) is 0 Å². The van der Waals surface area contributed by atoms with E-state index in [1.165, 1.54) is 13.3 Å². The van der Waals surface area contributed by atoms with Crippen molar-refractivity contribution in [2.75, 3.05) is 17.7 Å². The van der Waals surface area contributed by atoms with Crippen molar-refractivity contribution in [3.63, 3.8) is 0 Å². The van der Waals surface area contributed by atoms with Crippen molar-refractivity contribution < 1.29 is 9.53 Å². The number of ether oxygens (including phenoxy) is 1. The topological polar surface area (TPSA) is 76.1 Å². The molecule has 0 aliphatic heterocycles. The lowest BCUT2D eigenvalue weighted by Crippen LogP contribution is -2.14. The van der Waals surface area contributed by atoms with E-state index in [1.807, 2.05) is 31.2 Å². The maximum absolute atomic E-state index is 12.4. The van der Waals surface area contributed by atoms with Gasteiger partial charge in [-0.15, -0.1) is 0 Å². The van der Waals surface area contributed by atoms with Gasteiger partial charge in [0, 0.05) is 17.6 Å². The van der Waals surface area contributed by atoms with Crippen LogP contribution in [0.5, 0.6) is 5.75 Å². The number of nitrogens with zero attached hydrogens (tertiary/aromatic N) is 2. The second-order valence-corrected chi connectivity index (χ2v) is 5.97. The van der Waals surface area contributed by atoms with E-state index >= 15 is 0 Å². The van der Waals surface area contributed by atoms with Gasteiger partial charge < -0.3 is 15.4 Å². The Morgan fingerprint density at radius 2 is 1.81 bits per heavy atom. The molecule has 0 atom stereocenters. The molecular formula is C19H17ClN4O2. The Balaban J connectivity index is 1.73. The third kappa shape index (κ3) is 4.29. The minimum Gasteiger partial charge on any atom is -0.495 e. The van der Waals surface area contributed by atoms with Gasteiger partial charge in [0.25, 0.3) is 5.91 Å². The standard InChI is InChI=1S/C19H17ClN4O2/c1-12-3-5-13(6-4-12)23-19-21-10-9-16(24-19)18(25)22-14-7-8-17(26-2)15(20)11-14/h3-11H,1-2H3,(H,22,25)(H,21,23,24). The Morgan fingerprint density at radius 1 is 1.08 bits per heavy atom. The number of aromatic nitrogens is 2. The van der Waals surface area contributed by atoms with Crippen molar-refractivity contribution in [3.8, 4) is 5.75 Å². The summed E-state index contributed by atoms with van der Waals surface area (Å²) in [6, 6.07) is 14.3. The molecule has 2 aromatic carbocycles. The number of benzene rings is 2. The summed E-state index contributed by atoms with van der Waals surface area (Å²) in [5, 5.41) is 6.24. The van der Waals surface area contributed by atoms with Crippen LogP contribution in [0, 0.1) is 6.92 Å². The number of aryl methyl sites for hydroxylation is 1. The van der Waals surface area contributed by atoms with Crippen LogP contribution in [0.3, 0.4) is 0 Å². The Hall–Kier alpha value is -3.12. The highest BCUT2D eigenvalue weighted by Crippen LogP contribution is 2.27. The molecule has 0 saturated carbocycles. The van der Waals surface area contributed by atoms with Crippen molar-refractivity contribution in [1.29, 1.82) is 0 Å². The molecule has 3 rings (SSSR count). The van der Waals surface area contributed by atoms with Crippen LogP contribution in [0.15, 0.2) is 54.7 Å². The third-order valence-electron chi connectivity index (χ3n) is 3.61. The number of carbonyl (C=O) groups excluding carboxylic acids is 1. The first-order chi connectivity index (χ1) is 12.5. The largest absolute Gasteiger partial charge is 0.495 e. The molecule has 26 heavy (non-hydrogen) atoms. The van der Waals surface area contributed by atoms with Crippen molar-refractivity contribution in [3.05, 3.63) is 71.0 Å². The maximum atomic E-state index is 12.4. The molecule has 0 fully saturated rings. The molecule has 0 unspecified atom stereocenters. The molecule has 0 radical (unpaired) electrons. The summed E-state index contributed by atoms with van der Waals surface area (Å²) in [5.41, 5.74) is 2.78. The second kappa shape index (κ2) is 7.84. The lowest BCUT2D eigenvalue weighted by atomic mass is 10.2. The van der Waals surface area contributed by atoms with Gasteiger partial charge in [-0.05, 0) is 43.3 Å². The van der Waals surface area contributed by atoms with E-state index in [0.717, 1.165) is 11.3 Å². The van der Waals surface area contributed by atoms with Crippen molar-refractivity contribution in [2.45, 2.75) is 6.92 Å². The molecule has 132 valence electrons. The number of halogens is 1. The summed E-state index contributed by atoms with van der Waals surface area (Å²) in [7, 11) is 1.53. The fourth-order valence-electron chi connectivity index (χ4n) is 2.25. The molecule has 0 saturated heterocycles. The molecule has 1 aromatic heterocycles. The summed E-state index contributed by atoms with van der Waals surface area (Å²) in [6.45, 7) is 2.01. The molecule has 1 heterocycles. The number of amides is 1. The van der Waals surface area contributed by atoms with Gasteiger partial charge in [-0.1, -0.05) is 29.3 Å². The minimum absolute atomic E-state index is 0.238. The molecule has 3 aromatic rings. The van der Waals surface area contributed by atoms with E-state index in [-0.39, 0.29) is 11.6 Å². The van der Waals surface area contributed by atoms with Gasteiger partial charge in [-0.2, -0.15) is 0 Å². The lowest BCUT2D eigenvalue weighted by Gasteiger charge is -2.09. The highest BCUT2D eigenvalue weighted by Gasteiger charge is 2.11. The number of methoxy groups -OCH3 is 1. The molecule has 6 nitrogen and oxygen atoms in total. The number of nitrogens with one attached hydrogen (secondary N) is 2. The van der Waals surface area contributed by atoms with Crippen molar-refractivity contribution in [2.24, 2.45) is 0 Å². The van der Waals surface area contributed by atoms with Crippen molar-refractivity contribution in [1.82, 2.24) is 9.97 Å². The van der Waals surface area contributed by atoms with Crippen LogP contribution in [0.4, 0.5) is 17.3 Å². The van der Waals surface area contributed by atoms with Gasteiger partial charge in [-0.3, -0.25) is 4.79 Å². The zero-order chi connectivity index (χ0) is 18.5. The highest BCUT2D eigenvalue weighted by molar-refractivity contribution is 6.32. The van der Waals surface area contributed by atoms with Crippen LogP contribution in [0.25, 0.3) is 0 Å². The molecule has 0 aliphatic rings. The summed E-state index contributed by atoms with van der Waals surface area (Å²) >= 11 is 6.07. The predicted molar refractivity (Wildman–Crippen MR) is 102 cm³/mol. The molecule has 1 amide bonds. The van der Waals surface area contributed by atoms with E-state index in [9.17, 15) is 4.79 Å². The summed E-state index contributed by atoms with van der Waals surface area (Å²) in [5.74, 6) is 0.520. The van der Waals surface area contributed by atoms with E-state index in [2.05, 4.69) is 20.6 Å². The quantitative estimate of drug-likeness (QED) is 0.696. The zero-order valence-corrected chi connectivity index (χ0v) is 15.0. The molecule has 2 N–H and O–H groups in total. The SMILES string of the molecule is COc1ccc(NC(=O)c2ccnc(Nc3ccc(C)cc3)n2)cc1Cl. The molecule has 0 bridgehead atoms. The first kappa shape index (κ1) is 17.7. The van der Waals surface area contributed by atoms with Crippen LogP contribution >= 0.6 is 11.6 Å². The van der Waals surface area contributed by atoms with Gasteiger partial charge in [0.2, 0.25) is 5.95 Å². The first-order valence-electron chi connectivity index (χ1n) is 7.87. The third-order valence-corrected chi connectivity index (χ3v) is 3.90. The van der Waals surface area contributed by atoms with Gasteiger partial charge in [0.05, 0.1) is 12.1 Å². The van der Waals surface area contributed by atoms with Crippen LogP contribution < -0.4 is 15.4 Å². The molecule has 0 spiro atoms. The van der Waals surface area contributed by atoms with Crippen LogP contribution in [0.1, 0.15) is 16.1 Å². The van der Waals surface area contributed by atoms with E-state index < -0.39 is 0 Å². The van der Waals surface area contributed by atoms with E-state index in [1.54, 1.807) is 24.3 Å². The van der Waals surface area contributed by atoms with Gasteiger partial charge in [-0.25, -0.2) is 9.97 Å². The molecular weight excluding hydrogens is 352 g/mol. The monoisotopic (exact) mass is 368 g/mol. The Labute approximate surface area is 156 Å². The first-order valence-corrected chi connectivity index (χ1v) is 8.24. The molecule has 7 heteroatoms. The number of carbonyl (C=O) groups is 1. The van der Waals surface area contributed by atoms with Gasteiger partial charge in [0.1, 0.15) is 11.4 Å². The number of hydrogen-bond acceptors (Lipinski definition) is 5. The van der Waals surface area contributed by atoms with Crippen LogP contribution in [-0.4, -0.2) is 23.0 Å². The minimum atomic E-state index is -0.361. The smallest absolute Gasteiger partial charge is 0.274 e. The number of rotatable bonds is 5. The maximum Gasteiger partial charge on any atom is 0.274 e. The van der Waals surface area contributed by atoms with E-state index in [0.29, 0.717) is 22.4 Å². The number of hydrogen-bond donors (Lipinski definition) is 2. The average Bonchev–Trinajstić information content (AvgIpc) is 2.64. The summed E-state index contributed by atoms with van der Waals surface area (Å²) < 4.78 is 5.10. The number of anilines is 3. The fraction of sp³-hybridized carbons (Fsp3) is 0.105. The van der Waals surface area contributed by atoms with Crippen molar-refractivity contribution >= 4 is 34.8 Å². The Morgan fingerprint density at radius 3 is 2.50 bits per heavy atom. The lowest BCUT2D eigenvalue weighted by molar-refractivity contribution is 0.102. The molecule has 0 aliphatic carbocycles.